The Morgan fingerprint density at radius 3 is 2.48 bits per heavy atom. The van der Waals surface area contributed by atoms with Crippen LogP contribution >= 0.6 is 0 Å². The molecule has 1 heteroatoms. The number of carbonyl (C=O) groups excluding carboxylic acids is 1. The Balaban J connectivity index is 1.63. The summed E-state index contributed by atoms with van der Waals surface area (Å²) in [5.74, 6) is 3.36. The van der Waals surface area contributed by atoms with E-state index in [0.717, 1.165) is 31.1 Å². The molecule has 0 N–H and O–H groups in total. The van der Waals surface area contributed by atoms with Crippen LogP contribution in [0.2, 0.25) is 0 Å². The first-order chi connectivity index (χ1) is 14.4. The minimum atomic E-state index is -0.158. The van der Waals surface area contributed by atoms with Crippen LogP contribution in [0, 0.1) is 45.3 Å². The fourth-order valence-electron chi connectivity index (χ4n) is 9.30. The molecule has 0 spiro atoms. The number of hydrogen-bond acceptors (Lipinski definition) is 1. The standard InChI is InChI=1S/C30H48O/c1-20(2)10-9-11-21(3)22-14-18-30(8)24-12-13-25-27(4,5)26(31)16-17-28(25,6)23(24)15-19-29(22,30)7/h10,12,21-23,25H,9,11,13-19H2,1-8H3/t21-,22-,23+,25+,28-,29+,30-/m1/s1. The van der Waals surface area contributed by atoms with Gasteiger partial charge >= 0.3 is 0 Å². The number of carbonyl (C=O) groups is 1. The van der Waals surface area contributed by atoms with Gasteiger partial charge in [0.15, 0.2) is 0 Å². The molecule has 0 bridgehead atoms. The fraction of sp³-hybridized carbons (Fsp3) is 0.833. The molecule has 4 rings (SSSR count). The van der Waals surface area contributed by atoms with Gasteiger partial charge in [-0.05, 0) is 105 Å². The second kappa shape index (κ2) is 7.59. The van der Waals surface area contributed by atoms with Crippen molar-refractivity contribution in [3.05, 3.63) is 23.3 Å². The fourth-order valence-corrected chi connectivity index (χ4v) is 9.30. The topological polar surface area (TPSA) is 17.1 Å². The van der Waals surface area contributed by atoms with Crippen molar-refractivity contribution in [3.63, 3.8) is 0 Å². The summed E-state index contributed by atoms with van der Waals surface area (Å²) in [5, 5.41) is 0. The van der Waals surface area contributed by atoms with E-state index in [2.05, 4.69) is 67.5 Å². The van der Waals surface area contributed by atoms with Crippen LogP contribution in [0.4, 0.5) is 0 Å². The monoisotopic (exact) mass is 424 g/mol. The van der Waals surface area contributed by atoms with Gasteiger partial charge in [0.05, 0.1) is 0 Å². The summed E-state index contributed by atoms with van der Waals surface area (Å²) in [5.41, 5.74) is 4.20. The molecule has 1 nitrogen and oxygen atoms in total. The molecule has 0 aliphatic heterocycles. The first-order valence-corrected chi connectivity index (χ1v) is 13.2. The van der Waals surface area contributed by atoms with E-state index in [4.69, 9.17) is 0 Å². The van der Waals surface area contributed by atoms with Gasteiger partial charge in [-0.1, -0.05) is 64.8 Å². The summed E-state index contributed by atoms with van der Waals surface area (Å²) in [4.78, 5) is 12.8. The Morgan fingerprint density at radius 1 is 1.10 bits per heavy atom. The Kier molecular flexibility index (Phi) is 5.71. The van der Waals surface area contributed by atoms with Crippen LogP contribution in [0.25, 0.3) is 0 Å². The number of rotatable bonds is 4. The van der Waals surface area contributed by atoms with Crippen molar-refractivity contribution in [1.82, 2.24) is 0 Å². The zero-order chi connectivity index (χ0) is 22.8. The maximum atomic E-state index is 12.8. The number of Topliss-reactive ketones (excluding diaryl/α,β-unsaturated/α-hetero) is 1. The average molecular weight is 425 g/mol. The molecular formula is C30H48O. The minimum Gasteiger partial charge on any atom is -0.299 e. The van der Waals surface area contributed by atoms with Crippen LogP contribution in [0.1, 0.15) is 113 Å². The predicted octanol–water partition coefficient (Wildman–Crippen LogP) is 8.54. The number of hydrogen-bond donors (Lipinski definition) is 0. The lowest BCUT2D eigenvalue weighted by Gasteiger charge is -2.63. The van der Waals surface area contributed by atoms with Gasteiger partial charge in [0, 0.05) is 11.8 Å². The Hall–Kier alpha value is -0.850. The second-order valence-electron chi connectivity index (χ2n) is 13.4. The van der Waals surface area contributed by atoms with Gasteiger partial charge in [0.2, 0.25) is 0 Å². The van der Waals surface area contributed by atoms with Crippen molar-refractivity contribution in [2.24, 2.45) is 45.3 Å². The molecule has 0 unspecified atom stereocenters. The van der Waals surface area contributed by atoms with Crippen LogP contribution in [0.5, 0.6) is 0 Å². The van der Waals surface area contributed by atoms with E-state index in [1.54, 1.807) is 0 Å². The first-order valence-electron chi connectivity index (χ1n) is 13.2. The van der Waals surface area contributed by atoms with Gasteiger partial charge in [-0.3, -0.25) is 4.79 Å². The Bertz CT molecular complexity index is 795. The van der Waals surface area contributed by atoms with E-state index in [-0.39, 0.29) is 5.41 Å². The van der Waals surface area contributed by atoms with Gasteiger partial charge < -0.3 is 0 Å². The molecule has 3 fully saturated rings. The predicted molar refractivity (Wildman–Crippen MR) is 132 cm³/mol. The van der Waals surface area contributed by atoms with Gasteiger partial charge in [-0.2, -0.15) is 0 Å². The summed E-state index contributed by atoms with van der Waals surface area (Å²) in [7, 11) is 0. The van der Waals surface area contributed by atoms with Crippen LogP contribution in [-0.2, 0) is 4.79 Å². The van der Waals surface area contributed by atoms with E-state index >= 15 is 0 Å². The molecule has 174 valence electrons. The van der Waals surface area contributed by atoms with Crippen molar-refractivity contribution in [1.29, 1.82) is 0 Å². The number of allylic oxidation sites excluding steroid dienone is 4. The molecule has 0 amide bonds. The molecule has 7 atom stereocenters. The SMILES string of the molecule is CC(C)=CCC[C@@H](C)[C@H]1CC[C@]2(C)C3=CC[C@H]4C(C)(C)C(=O)CC[C@]4(C)[C@H]3CC[C@@]12C. The third-order valence-electron chi connectivity index (χ3n) is 11.5. The summed E-state index contributed by atoms with van der Waals surface area (Å²) < 4.78 is 0. The van der Waals surface area contributed by atoms with Crippen molar-refractivity contribution < 1.29 is 4.79 Å². The van der Waals surface area contributed by atoms with Crippen molar-refractivity contribution in [3.8, 4) is 0 Å². The normalized spacial score (nSPS) is 44.6. The highest BCUT2D eigenvalue weighted by Gasteiger charge is 2.65. The summed E-state index contributed by atoms with van der Waals surface area (Å²) in [6.07, 6.45) is 16.2. The van der Waals surface area contributed by atoms with E-state index < -0.39 is 0 Å². The lowest BCUT2D eigenvalue weighted by atomic mass is 9.41. The third kappa shape index (κ3) is 3.26. The van der Waals surface area contributed by atoms with Crippen LogP contribution in [0.15, 0.2) is 23.3 Å². The van der Waals surface area contributed by atoms with Gasteiger partial charge in [0.25, 0.3) is 0 Å². The molecule has 4 aliphatic rings. The lowest BCUT2D eigenvalue weighted by Crippen LogP contribution is -2.57. The Morgan fingerprint density at radius 2 is 1.81 bits per heavy atom. The van der Waals surface area contributed by atoms with Crippen LogP contribution in [-0.4, -0.2) is 5.78 Å². The minimum absolute atomic E-state index is 0.158. The quantitative estimate of drug-likeness (QED) is 0.413. The molecule has 0 aromatic rings. The summed E-state index contributed by atoms with van der Waals surface area (Å²) in [6, 6.07) is 0. The maximum absolute atomic E-state index is 12.8. The highest BCUT2D eigenvalue weighted by atomic mass is 16.1. The zero-order valence-electron chi connectivity index (χ0n) is 21.7. The summed E-state index contributed by atoms with van der Waals surface area (Å²) in [6.45, 7) is 19.3. The highest BCUT2D eigenvalue weighted by molar-refractivity contribution is 5.85. The molecule has 3 saturated carbocycles. The maximum Gasteiger partial charge on any atom is 0.138 e. The van der Waals surface area contributed by atoms with Gasteiger partial charge in [-0.15, -0.1) is 0 Å². The number of ketones is 1. The molecule has 0 aromatic carbocycles. The molecule has 0 radical (unpaired) electrons. The van der Waals surface area contributed by atoms with Gasteiger partial charge in [-0.25, -0.2) is 0 Å². The largest absolute Gasteiger partial charge is 0.299 e. The smallest absolute Gasteiger partial charge is 0.138 e. The van der Waals surface area contributed by atoms with E-state index in [1.165, 1.54) is 44.1 Å². The van der Waals surface area contributed by atoms with Crippen LogP contribution in [0.3, 0.4) is 0 Å². The zero-order valence-corrected chi connectivity index (χ0v) is 21.7. The van der Waals surface area contributed by atoms with E-state index in [9.17, 15) is 4.79 Å². The average Bonchev–Trinajstić information content (AvgIpc) is 2.96. The lowest BCUT2D eigenvalue weighted by molar-refractivity contribution is -0.146. The first kappa shape index (κ1) is 23.3. The molecule has 0 aromatic heterocycles. The summed E-state index contributed by atoms with van der Waals surface area (Å²) >= 11 is 0. The van der Waals surface area contributed by atoms with Gasteiger partial charge in [0.1, 0.15) is 5.78 Å². The van der Waals surface area contributed by atoms with E-state index in [0.29, 0.717) is 33.9 Å². The molecular weight excluding hydrogens is 376 g/mol. The molecule has 0 heterocycles. The van der Waals surface area contributed by atoms with Crippen LogP contribution < -0.4 is 0 Å². The molecule has 31 heavy (non-hydrogen) atoms. The van der Waals surface area contributed by atoms with Crippen molar-refractivity contribution >= 4 is 5.78 Å². The molecule has 0 saturated heterocycles. The number of fused-ring (bicyclic) bond motifs is 5. The van der Waals surface area contributed by atoms with Crippen molar-refractivity contribution in [2.45, 2.75) is 113 Å². The third-order valence-corrected chi connectivity index (χ3v) is 11.5. The van der Waals surface area contributed by atoms with E-state index in [1.807, 2.05) is 5.57 Å². The Labute approximate surface area is 192 Å². The second-order valence-corrected chi connectivity index (χ2v) is 13.4. The highest BCUT2D eigenvalue weighted by Crippen LogP contribution is 2.73. The van der Waals surface area contributed by atoms with Crippen molar-refractivity contribution in [2.75, 3.05) is 0 Å². The molecule has 4 aliphatic carbocycles.